The highest BCUT2D eigenvalue weighted by Crippen LogP contribution is 1.88. The molecular weight excluding hydrogens is 182 g/mol. The minimum absolute atomic E-state index is 0. The second-order valence-corrected chi connectivity index (χ2v) is 3.18. The zero-order chi connectivity index (χ0) is 8.20. The molecule has 0 saturated carbocycles. The van der Waals surface area contributed by atoms with Crippen LogP contribution in [0.1, 0.15) is 0 Å². The molecule has 0 aromatic carbocycles. The Labute approximate surface area is 79.4 Å². The molecule has 0 spiro atoms. The van der Waals surface area contributed by atoms with Crippen LogP contribution in [-0.2, 0) is 4.74 Å². The smallest absolute Gasteiger partial charge is 0.404 e. The maximum absolute atomic E-state index is 10.1. The van der Waals surface area contributed by atoms with Crippen molar-refractivity contribution < 1.29 is 26.4 Å². The van der Waals surface area contributed by atoms with Gasteiger partial charge in [0.1, 0.15) is 13.2 Å². The summed E-state index contributed by atoms with van der Waals surface area (Å²) >= 11 is 0. The highest BCUT2D eigenvalue weighted by molar-refractivity contribution is 5.64. The summed E-state index contributed by atoms with van der Waals surface area (Å²) in [5.74, 6) is 0. The lowest BCUT2D eigenvalue weighted by Crippen LogP contribution is -3.00. The molecule has 5 N–H and O–H groups in total. The molecule has 0 aromatic heterocycles. The molecular formula is C6H18ClN3O2. The van der Waals surface area contributed by atoms with E-state index in [9.17, 15) is 4.79 Å². The van der Waals surface area contributed by atoms with Crippen LogP contribution in [0, 0.1) is 0 Å². The molecule has 5 nitrogen and oxygen atoms in total. The van der Waals surface area contributed by atoms with Crippen molar-refractivity contribution in [1.29, 1.82) is 0 Å². The highest BCUT2D eigenvalue weighted by atomic mass is 35.5. The predicted molar refractivity (Wildman–Crippen MR) is 43.5 cm³/mol. The van der Waals surface area contributed by atoms with Crippen molar-refractivity contribution in [3.63, 3.8) is 0 Å². The Morgan fingerprint density at radius 3 is 2.08 bits per heavy atom. The summed E-state index contributed by atoms with van der Waals surface area (Å²) < 4.78 is 5.31. The van der Waals surface area contributed by atoms with Crippen LogP contribution >= 0.6 is 0 Å². The van der Waals surface area contributed by atoms with Gasteiger partial charge in [-0.25, -0.2) is 4.79 Å². The van der Waals surface area contributed by atoms with Gasteiger partial charge in [-0.05, 0) is 0 Å². The van der Waals surface area contributed by atoms with Gasteiger partial charge in [-0.2, -0.15) is 0 Å². The number of hydrogen-bond donors (Lipinski definition) is 2. The molecule has 0 fully saturated rings. The normalized spacial score (nSPS) is 9.25. The molecule has 76 valence electrons. The molecule has 0 radical (unpaired) electrons. The lowest BCUT2D eigenvalue weighted by molar-refractivity contribution is -0.870. The van der Waals surface area contributed by atoms with Crippen molar-refractivity contribution in [1.82, 2.24) is 6.15 Å². The number of likely N-dealkylation sites (N-methyl/N-ethyl adjacent to an activating group) is 1. The first-order valence-corrected chi connectivity index (χ1v) is 3.14. The monoisotopic (exact) mass is 199 g/mol. The molecule has 1 amide bonds. The van der Waals surface area contributed by atoms with Crippen molar-refractivity contribution in [3.05, 3.63) is 0 Å². The van der Waals surface area contributed by atoms with E-state index < -0.39 is 6.09 Å². The number of nitrogens with two attached hydrogens (primary N) is 1. The maximum Gasteiger partial charge on any atom is 0.404 e. The molecule has 0 bridgehead atoms. The molecule has 0 aliphatic rings. The van der Waals surface area contributed by atoms with E-state index in [0.29, 0.717) is 6.61 Å². The lowest BCUT2D eigenvalue weighted by atomic mass is 10.5. The fraction of sp³-hybridized carbons (Fsp3) is 0.833. The second-order valence-electron chi connectivity index (χ2n) is 3.18. The first-order chi connectivity index (χ1) is 4.42. The van der Waals surface area contributed by atoms with Gasteiger partial charge < -0.3 is 33.5 Å². The number of carbonyl (C=O) groups is 1. The fourth-order valence-corrected chi connectivity index (χ4v) is 0.420. The van der Waals surface area contributed by atoms with Crippen molar-refractivity contribution in [2.75, 3.05) is 34.3 Å². The fourth-order valence-electron chi connectivity index (χ4n) is 0.420. The number of ether oxygens (including phenoxy) is 1. The van der Waals surface area contributed by atoms with Crippen LogP contribution in [0.2, 0.25) is 0 Å². The minimum Gasteiger partial charge on any atom is -1.00 e. The van der Waals surface area contributed by atoms with Gasteiger partial charge in [0.25, 0.3) is 0 Å². The molecule has 0 unspecified atom stereocenters. The quantitative estimate of drug-likeness (QED) is 0.474. The van der Waals surface area contributed by atoms with Gasteiger partial charge in [-0.15, -0.1) is 0 Å². The summed E-state index contributed by atoms with van der Waals surface area (Å²) in [5.41, 5.74) is 4.75. The molecule has 0 saturated heterocycles. The predicted octanol–water partition coefficient (Wildman–Crippen LogP) is -3.05. The molecule has 0 aromatic rings. The molecule has 6 heteroatoms. The second kappa shape index (κ2) is 7.15. The van der Waals surface area contributed by atoms with Gasteiger partial charge in [0.05, 0.1) is 21.1 Å². The third kappa shape index (κ3) is 16.2. The summed E-state index contributed by atoms with van der Waals surface area (Å²) in [7, 11) is 6.05. The summed E-state index contributed by atoms with van der Waals surface area (Å²) in [5, 5.41) is 0. The van der Waals surface area contributed by atoms with Gasteiger partial charge in [-0.1, -0.05) is 0 Å². The highest BCUT2D eigenvalue weighted by Gasteiger charge is 2.06. The third-order valence-corrected chi connectivity index (χ3v) is 1.01. The average molecular weight is 200 g/mol. The summed E-state index contributed by atoms with van der Waals surface area (Å²) in [6.07, 6.45) is -0.701. The Balaban J connectivity index is -0.000000405. The summed E-state index contributed by atoms with van der Waals surface area (Å²) in [4.78, 5) is 10.1. The zero-order valence-corrected chi connectivity index (χ0v) is 8.60. The van der Waals surface area contributed by atoms with Gasteiger partial charge >= 0.3 is 6.09 Å². The molecule has 0 aliphatic heterocycles. The first kappa shape index (κ1) is 17.5. The Kier molecular flexibility index (Phi) is 10.4. The van der Waals surface area contributed by atoms with E-state index in [1.165, 1.54) is 0 Å². The van der Waals surface area contributed by atoms with Crippen LogP contribution in [0.4, 0.5) is 4.79 Å². The average Bonchev–Trinajstić information content (AvgIpc) is 1.59. The maximum atomic E-state index is 10.1. The van der Waals surface area contributed by atoms with E-state index in [2.05, 4.69) is 4.74 Å². The van der Waals surface area contributed by atoms with Crippen molar-refractivity contribution >= 4 is 6.09 Å². The Morgan fingerprint density at radius 1 is 1.42 bits per heavy atom. The van der Waals surface area contributed by atoms with E-state index in [1.54, 1.807) is 0 Å². The van der Waals surface area contributed by atoms with Crippen molar-refractivity contribution in [3.8, 4) is 0 Å². The Morgan fingerprint density at radius 2 is 1.83 bits per heavy atom. The number of quaternary nitrogens is 1. The van der Waals surface area contributed by atoms with E-state index in [4.69, 9.17) is 5.73 Å². The van der Waals surface area contributed by atoms with Gasteiger partial charge in [0.15, 0.2) is 0 Å². The van der Waals surface area contributed by atoms with Crippen LogP contribution in [-0.4, -0.2) is 44.9 Å². The minimum atomic E-state index is -0.701. The van der Waals surface area contributed by atoms with Crippen LogP contribution < -0.4 is 24.3 Å². The van der Waals surface area contributed by atoms with Gasteiger partial charge in [0, 0.05) is 0 Å². The molecule has 0 heterocycles. The number of amides is 1. The number of primary amides is 1. The van der Waals surface area contributed by atoms with Crippen molar-refractivity contribution in [2.24, 2.45) is 5.73 Å². The first-order valence-electron chi connectivity index (χ1n) is 3.14. The van der Waals surface area contributed by atoms with E-state index in [0.717, 1.165) is 11.0 Å². The number of carbonyl (C=O) groups excluding carboxylic acids is 1. The number of nitrogens with zero attached hydrogens (tertiary/aromatic N) is 1. The largest absolute Gasteiger partial charge is 1.00 e. The summed E-state index contributed by atoms with van der Waals surface area (Å²) in [6, 6.07) is 0. The molecule has 0 aliphatic carbocycles. The topological polar surface area (TPSA) is 87.3 Å². The van der Waals surface area contributed by atoms with Crippen LogP contribution in [0.5, 0.6) is 0 Å². The van der Waals surface area contributed by atoms with E-state index >= 15 is 0 Å². The lowest BCUT2D eigenvalue weighted by Gasteiger charge is -2.22. The van der Waals surface area contributed by atoms with E-state index in [-0.39, 0.29) is 18.6 Å². The number of hydrogen-bond acceptors (Lipinski definition) is 3. The van der Waals surface area contributed by atoms with Crippen molar-refractivity contribution in [2.45, 2.75) is 0 Å². The summed E-state index contributed by atoms with van der Waals surface area (Å²) in [6.45, 7) is 1.17. The van der Waals surface area contributed by atoms with Crippen LogP contribution in [0.3, 0.4) is 0 Å². The SMILES string of the molecule is C[N+](C)(C)CCOC(N)=O.N.[Cl-]. The molecule has 0 rings (SSSR count). The zero-order valence-electron chi connectivity index (χ0n) is 7.84. The van der Waals surface area contributed by atoms with Gasteiger partial charge in [-0.3, -0.25) is 0 Å². The number of rotatable bonds is 3. The molecule has 12 heavy (non-hydrogen) atoms. The van der Waals surface area contributed by atoms with E-state index in [1.807, 2.05) is 21.1 Å². The van der Waals surface area contributed by atoms with Crippen LogP contribution in [0.15, 0.2) is 0 Å². The Bertz CT molecular complexity index is 124. The molecule has 0 atom stereocenters. The third-order valence-electron chi connectivity index (χ3n) is 1.01. The van der Waals surface area contributed by atoms with Gasteiger partial charge in [0.2, 0.25) is 0 Å². The Hall–Kier alpha value is -0.520. The standard InChI is InChI=1S/C6H14N2O2.ClH.H3N/c1-8(2,3)4-5-10-6(7)9;;/h4-5H2,1-3H3,(H-,7,9);1H;1H3. The number of halogens is 1. The van der Waals surface area contributed by atoms with Crippen LogP contribution in [0.25, 0.3) is 0 Å².